The molecular formula is C42H50ClFN10O7. The molecule has 3 saturated heterocycles. The maximum absolute atomic E-state index is 15.9. The van der Waals surface area contributed by atoms with E-state index in [4.69, 9.17) is 26.1 Å². The van der Waals surface area contributed by atoms with Crippen molar-refractivity contribution >= 4 is 69.3 Å². The predicted molar refractivity (Wildman–Crippen MR) is 229 cm³/mol. The van der Waals surface area contributed by atoms with Crippen LogP contribution >= 0.6 is 11.6 Å². The summed E-state index contributed by atoms with van der Waals surface area (Å²) in [5.74, 6) is -0.972. The number of ether oxygens (including phenoxy) is 2. The summed E-state index contributed by atoms with van der Waals surface area (Å²) in [6, 6.07) is 9.02. The van der Waals surface area contributed by atoms with E-state index in [0.29, 0.717) is 65.8 Å². The summed E-state index contributed by atoms with van der Waals surface area (Å²) >= 11 is 6.59. The number of piperidine rings is 2. The molecule has 4 amide bonds. The van der Waals surface area contributed by atoms with Gasteiger partial charge in [0.25, 0.3) is 17.4 Å². The number of nitrogens with zero attached hydrogens (tertiary/aromatic N) is 6. The highest BCUT2D eigenvalue weighted by molar-refractivity contribution is 6.33. The summed E-state index contributed by atoms with van der Waals surface area (Å²) in [6.07, 6.45) is 3.67. The van der Waals surface area contributed by atoms with Gasteiger partial charge in [-0.05, 0) is 69.4 Å². The topological polar surface area (TPSA) is 192 Å². The maximum Gasteiger partial charge on any atom is 0.293 e. The fourth-order valence-corrected chi connectivity index (χ4v) is 8.12. The van der Waals surface area contributed by atoms with Crippen molar-refractivity contribution in [3.05, 3.63) is 69.4 Å². The van der Waals surface area contributed by atoms with E-state index in [1.54, 1.807) is 22.9 Å². The molecule has 1 atom stereocenters. The van der Waals surface area contributed by atoms with Crippen LogP contribution in [0.1, 0.15) is 55.9 Å². The number of carbonyl (C=O) groups is 4. The van der Waals surface area contributed by atoms with Gasteiger partial charge in [0, 0.05) is 82.5 Å². The summed E-state index contributed by atoms with van der Waals surface area (Å²) < 4.78 is 28.6. The molecule has 2 aromatic carbocycles. The Labute approximate surface area is 356 Å². The van der Waals surface area contributed by atoms with Gasteiger partial charge in [-0.2, -0.15) is 4.98 Å². The fraction of sp³-hybridized carbons (Fsp3) is 0.452. The number of halogens is 2. The highest BCUT2D eigenvalue weighted by Crippen LogP contribution is 2.32. The molecule has 0 aliphatic carbocycles. The van der Waals surface area contributed by atoms with E-state index in [9.17, 15) is 24.0 Å². The van der Waals surface area contributed by atoms with Gasteiger partial charge in [-0.15, -0.1) is 0 Å². The molecule has 5 heterocycles. The summed E-state index contributed by atoms with van der Waals surface area (Å²) in [6.45, 7) is 8.45. The zero-order valence-electron chi connectivity index (χ0n) is 34.6. The molecule has 0 spiro atoms. The molecule has 2 aromatic heterocycles. The highest BCUT2D eigenvalue weighted by atomic mass is 35.5. The highest BCUT2D eigenvalue weighted by Gasteiger charge is 2.31. The molecule has 0 bridgehead atoms. The van der Waals surface area contributed by atoms with Gasteiger partial charge in [-0.25, -0.2) is 9.37 Å². The van der Waals surface area contributed by atoms with Crippen LogP contribution in [0.4, 0.5) is 27.5 Å². The first-order chi connectivity index (χ1) is 29.3. The number of imide groups is 1. The van der Waals surface area contributed by atoms with Gasteiger partial charge in [0.2, 0.25) is 17.8 Å². The van der Waals surface area contributed by atoms with E-state index < -0.39 is 29.6 Å². The second kappa shape index (κ2) is 18.7. The first-order valence-corrected chi connectivity index (χ1v) is 20.8. The zero-order valence-corrected chi connectivity index (χ0v) is 35.3. The quantitative estimate of drug-likeness (QED) is 0.143. The predicted octanol–water partition coefficient (Wildman–Crippen LogP) is 3.62. The average molecular weight is 861 g/mol. The van der Waals surface area contributed by atoms with Gasteiger partial charge in [0.15, 0.2) is 24.0 Å². The van der Waals surface area contributed by atoms with Gasteiger partial charge in [-0.3, -0.25) is 34.2 Å². The number of likely N-dealkylation sites (N-methyl/N-ethyl adjacent to an activating group) is 1. The molecule has 3 aliphatic heterocycles. The van der Waals surface area contributed by atoms with E-state index in [-0.39, 0.29) is 54.0 Å². The van der Waals surface area contributed by atoms with Crippen LogP contribution in [0.15, 0.2) is 47.4 Å². The van der Waals surface area contributed by atoms with Crippen molar-refractivity contribution in [3.8, 4) is 11.5 Å². The Morgan fingerprint density at radius 3 is 2.44 bits per heavy atom. The number of piperazine rings is 1. The van der Waals surface area contributed by atoms with Crippen molar-refractivity contribution in [3.63, 3.8) is 0 Å². The van der Waals surface area contributed by atoms with E-state index in [0.717, 1.165) is 37.9 Å². The minimum absolute atomic E-state index is 0.0748. The van der Waals surface area contributed by atoms with Crippen LogP contribution in [-0.4, -0.2) is 116 Å². The van der Waals surface area contributed by atoms with Gasteiger partial charge in [-0.1, -0.05) is 11.6 Å². The number of pyridine rings is 1. The number of hydrogen-bond donors (Lipinski definition) is 4. The Hall–Kier alpha value is -6.01. The van der Waals surface area contributed by atoms with Crippen molar-refractivity contribution in [2.45, 2.75) is 51.6 Å². The smallest absolute Gasteiger partial charge is 0.293 e. The lowest BCUT2D eigenvalue weighted by atomic mass is 9.96. The van der Waals surface area contributed by atoms with Gasteiger partial charge in [0.1, 0.15) is 16.8 Å². The fourth-order valence-electron chi connectivity index (χ4n) is 7.98. The lowest BCUT2D eigenvalue weighted by molar-refractivity contribution is -0.134. The van der Waals surface area contributed by atoms with Crippen molar-refractivity contribution in [2.24, 2.45) is 5.92 Å². The molecule has 4 aromatic rings. The number of hydrogen-bond acceptors (Lipinski definition) is 13. The SMILES string of the molecule is CNC(=O)COc1cc2cc(Nc3nc(N4CCC(CN5CCN(c6cc(OC)cc(C(=O)NC7CCC(=O)NC7=O)c6F)CC5)CC4)ncc3Cl)ccc2n(C(C)C)c1=O. The van der Waals surface area contributed by atoms with Gasteiger partial charge in [0.05, 0.1) is 30.1 Å². The summed E-state index contributed by atoms with van der Waals surface area (Å²) in [5.41, 5.74) is 1.11. The molecule has 4 N–H and O–H groups in total. The number of anilines is 4. The van der Waals surface area contributed by atoms with E-state index in [1.165, 1.54) is 20.2 Å². The molecule has 0 saturated carbocycles. The normalized spacial score (nSPS) is 17.7. The number of nitrogens with one attached hydrogen (secondary N) is 4. The third-order valence-electron chi connectivity index (χ3n) is 11.3. The zero-order chi connectivity index (χ0) is 43.4. The first-order valence-electron chi connectivity index (χ1n) is 20.4. The van der Waals surface area contributed by atoms with Crippen LogP contribution in [-0.2, 0) is 14.4 Å². The maximum atomic E-state index is 15.9. The molecular weight excluding hydrogens is 811 g/mol. The first kappa shape index (κ1) is 43.1. The van der Waals surface area contributed by atoms with Crippen molar-refractivity contribution < 1.29 is 33.0 Å². The summed E-state index contributed by atoms with van der Waals surface area (Å²) in [7, 11) is 2.95. The summed E-state index contributed by atoms with van der Waals surface area (Å²) in [5, 5.41) is 11.6. The second-order valence-electron chi connectivity index (χ2n) is 15.7. The lowest BCUT2D eigenvalue weighted by Gasteiger charge is -2.39. The van der Waals surface area contributed by atoms with Crippen LogP contribution < -0.4 is 46.1 Å². The summed E-state index contributed by atoms with van der Waals surface area (Å²) in [4.78, 5) is 77.7. The molecule has 19 heteroatoms. The Morgan fingerprint density at radius 2 is 1.75 bits per heavy atom. The third-order valence-corrected chi connectivity index (χ3v) is 11.6. The Morgan fingerprint density at radius 1 is 1.00 bits per heavy atom. The standard InChI is InChI=1S/C42H50ClFN10O7/c1-24(2)54-32-7-5-27(17-26(32)18-34(41(54)59)61-23-36(56)45-3)47-38-30(43)21-46-42(50-38)53-11-9-25(10-12-53)22-51-13-15-52(16-14-51)33-20-28(60-4)19-29(37(33)44)39(57)48-31-6-8-35(55)49-40(31)58/h5,7,17-21,24-25,31H,6,8-16,22-23H2,1-4H3,(H,45,56)(H,48,57)(H,46,47,50)(H,49,55,58). The van der Waals surface area contributed by atoms with Crippen molar-refractivity contribution in [1.29, 1.82) is 0 Å². The Bertz CT molecular complexity index is 2380. The third kappa shape index (κ3) is 9.81. The number of aromatic nitrogens is 3. The number of methoxy groups -OCH3 is 1. The number of carbonyl (C=O) groups excluding carboxylic acids is 4. The molecule has 1 unspecified atom stereocenters. The van der Waals surface area contributed by atoms with Crippen molar-refractivity contribution in [2.75, 3.05) is 81.7 Å². The van der Waals surface area contributed by atoms with Crippen LogP contribution in [0.3, 0.4) is 0 Å². The number of rotatable bonds is 13. The molecule has 61 heavy (non-hydrogen) atoms. The van der Waals surface area contributed by atoms with E-state index in [1.807, 2.05) is 36.9 Å². The number of amides is 4. The van der Waals surface area contributed by atoms with Gasteiger partial charge < -0.3 is 39.8 Å². The molecule has 324 valence electrons. The molecule has 3 fully saturated rings. The van der Waals surface area contributed by atoms with E-state index in [2.05, 4.69) is 36.1 Å². The molecule has 3 aliphatic rings. The minimum Gasteiger partial charge on any atom is -0.497 e. The van der Waals surface area contributed by atoms with Crippen LogP contribution in [0.5, 0.6) is 11.5 Å². The molecule has 0 radical (unpaired) electrons. The molecule has 7 rings (SSSR count). The minimum atomic E-state index is -0.931. The number of fused-ring (bicyclic) bond motifs is 1. The largest absolute Gasteiger partial charge is 0.497 e. The van der Waals surface area contributed by atoms with Crippen molar-refractivity contribution in [1.82, 2.24) is 35.4 Å². The lowest BCUT2D eigenvalue weighted by Crippen LogP contribution is -2.52. The Kier molecular flexibility index (Phi) is 13.2. The Balaban J connectivity index is 0.944. The van der Waals surface area contributed by atoms with Crippen LogP contribution in [0, 0.1) is 11.7 Å². The van der Waals surface area contributed by atoms with Gasteiger partial charge >= 0.3 is 0 Å². The van der Waals surface area contributed by atoms with Crippen LogP contribution in [0.25, 0.3) is 10.9 Å². The number of benzene rings is 2. The monoisotopic (exact) mass is 860 g/mol. The van der Waals surface area contributed by atoms with E-state index >= 15 is 4.39 Å². The second-order valence-corrected chi connectivity index (χ2v) is 16.1. The average Bonchev–Trinajstić information content (AvgIpc) is 3.25. The van der Waals surface area contributed by atoms with Crippen LogP contribution in [0.2, 0.25) is 5.02 Å². The molecule has 17 nitrogen and oxygen atoms in total.